The lowest BCUT2D eigenvalue weighted by Crippen LogP contribution is -2.39. The zero-order valence-corrected chi connectivity index (χ0v) is 18.4. The molecule has 1 rings (SSSR count). The highest BCUT2D eigenvalue weighted by molar-refractivity contribution is 5.14. The van der Waals surface area contributed by atoms with Crippen LogP contribution in [0, 0.1) is 5.82 Å². The van der Waals surface area contributed by atoms with Crippen molar-refractivity contribution in [3.8, 4) is 0 Å². The quantitative estimate of drug-likeness (QED) is 0.191. The minimum atomic E-state index is -0.143. The van der Waals surface area contributed by atoms with Crippen LogP contribution in [0.25, 0.3) is 0 Å². The highest BCUT2D eigenvalue weighted by Crippen LogP contribution is 2.15. The highest BCUT2D eigenvalue weighted by Gasteiger charge is 2.15. The third-order valence-corrected chi connectivity index (χ3v) is 5.64. The summed E-state index contributed by atoms with van der Waals surface area (Å²) in [5.41, 5.74) is 1.23. The molecule has 2 heteroatoms. The van der Waals surface area contributed by atoms with Gasteiger partial charge in [-0.1, -0.05) is 96.1 Å². The minimum Gasteiger partial charge on any atom is -0.325 e. The van der Waals surface area contributed by atoms with Crippen LogP contribution in [0.4, 0.5) is 4.39 Å². The van der Waals surface area contributed by atoms with Gasteiger partial charge in [-0.3, -0.25) is 0 Å². The first-order chi connectivity index (χ1) is 13.0. The molecule has 156 valence electrons. The molecule has 0 radical (unpaired) electrons. The molecule has 0 aliphatic heterocycles. The van der Waals surface area contributed by atoms with Gasteiger partial charge in [0.15, 0.2) is 0 Å². The fraction of sp³-hybridized carbons (Fsp3) is 0.760. The first kappa shape index (κ1) is 24.1. The molecule has 0 amide bonds. The summed E-state index contributed by atoms with van der Waals surface area (Å²) >= 11 is 0. The summed E-state index contributed by atoms with van der Waals surface area (Å²) in [5, 5.41) is 0. The summed E-state index contributed by atoms with van der Waals surface area (Å²) in [5.74, 6) is -0.143. The Hall–Kier alpha value is -0.890. The maximum atomic E-state index is 13.0. The van der Waals surface area contributed by atoms with Crippen molar-refractivity contribution in [3.05, 3.63) is 35.6 Å². The number of quaternary nitrogens is 1. The molecular weight excluding hydrogens is 333 g/mol. The number of hydrogen-bond acceptors (Lipinski definition) is 0. The SMILES string of the molecule is CCCCCCCCCCCCCCCC[N+](C)(C)Cc1ccc(F)cc1. The van der Waals surface area contributed by atoms with Crippen molar-refractivity contribution in [1.82, 2.24) is 0 Å². The fourth-order valence-electron chi connectivity index (χ4n) is 3.90. The summed E-state index contributed by atoms with van der Waals surface area (Å²) in [6.45, 7) is 4.47. The Balaban J connectivity index is 1.91. The van der Waals surface area contributed by atoms with Gasteiger partial charge in [-0.2, -0.15) is 0 Å². The summed E-state index contributed by atoms with van der Waals surface area (Å²) in [4.78, 5) is 0. The number of nitrogens with zero attached hydrogens (tertiary/aromatic N) is 1. The average molecular weight is 379 g/mol. The molecule has 0 aliphatic carbocycles. The van der Waals surface area contributed by atoms with Gasteiger partial charge in [-0.05, 0) is 25.0 Å². The second-order valence-electron chi connectivity index (χ2n) is 9.04. The number of hydrogen-bond donors (Lipinski definition) is 0. The Kier molecular flexibility index (Phi) is 13.5. The second-order valence-corrected chi connectivity index (χ2v) is 9.04. The third-order valence-electron chi connectivity index (χ3n) is 5.64. The van der Waals surface area contributed by atoms with Crippen LogP contribution in [-0.4, -0.2) is 25.1 Å². The molecule has 27 heavy (non-hydrogen) atoms. The lowest BCUT2D eigenvalue weighted by molar-refractivity contribution is -0.903. The van der Waals surface area contributed by atoms with E-state index < -0.39 is 0 Å². The van der Waals surface area contributed by atoms with Gasteiger partial charge in [0.05, 0.1) is 20.6 Å². The Morgan fingerprint density at radius 3 is 1.48 bits per heavy atom. The van der Waals surface area contributed by atoms with Crippen LogP contribution in [0.1, 0.15) is 102 Å². The van der Waals surface area contributed by atoms with E-state index in [1.54, 1.807) is 12.1 Å². The van der Waals surface area contributed by atoms with Crippen molar-refractivity contribution in [2.24, 2.45) is 0 Å². The summed E-state index contributed by atoms with van der Waals surface area (Å²) in [6, 6.07) is 6.98. The molecule has 0 fully saturated rings. The van der Waals surface area contributed by atoms with Gasteiger partial charge < -0.3 is 4.48 Å². The van der Waals surface area contributed by atoms with E-state index in [2.05, 4.69) is 21.0 Å². The maximum Gasteiger partial charge on any atom is 0.123 e. The predicted molar refractivity (Wildman–Crippen MR) is 117 cm³/mol. The monoisotopic (exact) mass is 378 g/mol. The molecule has 0 atom stereocenters. The lowest BCUT2D eigenvalue weighted by atomic mass is 10.0. The third kappa shape index (κ3) is 13.9. The van der Waals surface area contributed by atoms with Crippen LogP contribution in [-0.2, 0) is 6.54 Å². The van der Waals surface area contributed by atoms with Crippen molar-refractivity contribution < 1.29 is 8.87 Å². The number of halogens is 1. The molecule has 1 nitrogen and oxygen atoms in total. The van der Waals surface area contributed by atoms with Gasteiger partial charge in [0.1, 0.15) is 12.4 Å². The minimum absolute atomic E-state index is 0.143. The van der Waals surface area contributed by atoms with Gasteiger partial charge >= 0.3 is 0 Å². The Labute approximate surface area is 169 Å². The molecular formula is C25H45FN+. The van der Waals surface area contributed by atoms with Crippen molar-refractivity contribution in [2.75, 3.05) is 20.6 Å². The summed E-state index contributed by atoms with van der Waals surface area (Å²) in [7, 11) is 4.57. The van der Waals surface area contributed by atoms with E-state index in [9.17, 15) is 4.39 Å². The van der Waals surface area contributed by atoms with Crippen LogP contribution in [0.2, 0.25) is 0 Å². The van der Waals surface area contributed by atoms with E-state index >= 15 is 0 Å². The van der Waals surface area contributed by atoms with Crippen molar-refractivity contribution >= 4 is 0 Å². The maximum absolute atomic E-state index is 13.0. The van der Waals surface area contributed by atoms with E-state index in [0.717, 1.165) is 11.0 Å². The van der Waals surface area contributed by atoms with Gasteiger partial charge in [0, 0.05) is 5.56 Å². The molecule has 0 aromatic heterocycles. The molecule has 0 bridgehead atoms. The van der Waals surface area contributed by atoms with E-state index in [0.29, 0.717) is 0 Å². The van der Waals surface area contributed by atoms with Crippen molar-refractivity contribution in [1.29, 1.82) is 0 Å². The number of unbranched alkanes of at least 4 members (excludes halogenated alkanes) is 13. The van der Waals surface area contributed by atoms with Gasteiger partial charge in [0.2, 0.25) is 0 Å². The van der Waals surface area contributed by atoms with E-state index in [1.165, 1.54) is 102 Å². The molecule has 1 aromatic rings. The Morgan fingerprint density at radius 2 is 1.04 bits per heavy atom. The zero-order chi connectivity index (χ0) is 19.8. The van der Waals surface area contributed by atoms with Gasteiger partial charge in [-0.15, -0.1) is 0 Å². The van der Waals surface area contributed by atoms with E-state index in [4.69, 9.17) is 0 Å². The van der Waals surface area contributed by atoms with Gasteiger partial charge in [-0.25, -0.2) is 4.39 Å². The van der Waals surface area contributed by atoms with Crippen LogP contribution in [0.3, 0.4) is 0 Å². The fourth-order valence-corrected chi connectivity index (χ4v) is 3.90. The highest BCUT2D eigenvalue weighted by atomic mass is 19.1. The first-order valence-electron chi connectivity index (χ1n) is 11.6. The zero-order valence-electron chi connectivity index (χ0n) is 18.4. The molecule has 1 aromatic carbocycles. The predicted octanol–water partition coefficient (Wildman–Crippen LogP) is 7.88. The van der Waals surface area contributed by atoms with Gasteiger partial charge in [0.25, 0.3) is 0 Å². The van der Waals surface area contributed by atoms with Crippen LogP contribution < -0.4 is 0 Å². The molecule has 0 aliphatic rings. The molecule has 0 spiro atoms. The Morgan fingerprint density at radius 1 is 0.630 bits per heavy atom. The number of rotatable bonds is 17. The van der Waals surface area contributed by atoms with Crippen molar-refractivity contribution in [3.63, 3.8) is 0 Å². The number of benzene rings is 1. The molecule has 0 saturated heterocycles. The topological polar surface area (TPSA) is 0 Å². The second kappa shape index (κ2) is 15.1. The molecule has 0 unspecified atom stereocenters. The molecule has 0 saturated carbocycles. The van der Waals surface area contributed by atoms with E-state index in [-0.39, 0.29) is 5.82 Å². The standard InChI is InChI=1S/C25H45FN/c1-4-5-6-7-8-9-10-11-12-13-14-15-16-17-22-27(2,3)23-24-18-20-25(26)21-19-24/h18-21H,4-17,22-23H2,1-3H3/q+1. The van der Waals surface area contributed by atoms with Crippen LogP contribution >= 0.6 is 0 Å². The first-order valence-corrected chi connectivity index (χ1v) is 11.6. The summed E-state index contributed by atoms with van der Waals surface area (Å²) < 4.78 is 14.0. The Bertz CT molecular complexity index is 452. The average Bonchev–Trinajstić information content (AvgIpc) is 2.63. The largest absolute Gasteiger partial charge is 0.325 e. The van der Waals surface area contributed by atoms with Crippen molar-refractivity contribution in [2.45, 2.75) is 103 Å². The van der Waals surface area contributed by atoms with Crippen LogP contribution in [0.5, 0.6) is 0 Å². The van der Waals surface area contributed by atoms with E-state index in [1.807, 2.05) is 12.1 Å². The lowest BCUT2D eigenvalue weighted by Gasteiger charge is -2.30. The molecule has 0 N–H and O–H groups in total. The normalized spacial score (nSPS) is 11.9. The molecule has 0 heterocycles. The van der Waals surface area contributed by atoms with Crippen LogP contribution in [0.15, 0.2) is 24.3 Å². The smallest absolute Gasteiger partial charge is 0.123 e. The summed E-state index contributed by atoms with van der Waals surface area (Å²) in [6.07, 6.45) is 19.7.